The first kappa shape index (κ1) is 21.5. The van der Waals surface area contributed by atoms with E-state index in [9.17, 15) is 0 Å². The second kappa shape index (κ2) is 8.41. The van der Waals surface area contributed by atoms with E-state index in [-0.39, 0.29) is 0 Å². The maximum Gasteiger partial charge on any atom is 0.241 e. The molecule has 1 aromatic heterocycles. The van der Waals surface area contributed by atoms with Gasteiger partial charge in [-0.2, -0.15) is 0 Å². The lowest BCUT2D eigenvalue weighted by atomic mass is 10.0. The highest BCUT2D eigenvalue weighted by molar-refractivity contribution is 6.89. The number of nitrogens with zero attached hydrogens (tertiary/aromatic N) is 2. The Morgan fingerprint density at radius 2 is 1.39 bits per heavy atom. The molecule has 0 radical (unpaired) electrons. The molecule has 1 aliphatic heterocycles. The molecule has 0 bridgehead atoms. The Kier molecular flexibility index (Phi) is 5.83. The molecule has 1 fully saturated rings. The molecule has 0 atom stereocenters. The highest BCUT2D eigenvalue weighted by Crippen LogP contribution is 2.38. The second-order valence-corrected chi connectivity index (χ2v) is 13.4. The van der Waals surface area contributed by atoms with Crippen LogP contribution in [-0.2, 0) is 15.3 Å². The Hall–Kier alpha value is -2.74. The Balaban J connectivity index is 1.86. The van der Waals surface area contributed by atoms with Gasteiger partial charge < -0.3 is 18.9 Å². The SMILES string of the molecule is COc1ccc(-c2nc(C3(c4ccc(OC)cc4)OCCO3)cnc2[Si](C)(C)C)cc1. The van der Waals surface area contributed by atoms with Crippen molar-refractivity contribution in [1.82, 2.24) is 9.97 Å². The second-order valence-electron chi connectivity index (χ2n) is 8.47. The quantitative estimate of drug-likeness (QED) is 0.545. The molecule has 0 spiro atoms. The van der Waals surface area contributed by atoms with Crippen LogP contribution in [0.1, 0.15) is 11.3 Å². The van der Waals surface area contributed by atoms with Gasteiger partial charge >= 0.3 is 0 Å². The van der Waals surface area contributed by atoms with E-state index in [0.29, 0.717) is 18.9 Å². The van der Waals surface area contributed by atoms with E-state index in [1.807, 2.05) is 48.5 Å². The van der Waals surface area contributed by atoms with Crippen molar-refractivity contribution in [3.8, 4) is 22.8 Å². The van der Waals surface area contributed by atoms with Gasteiger partial charge in [-0.1, -0.05) is 19.6 Å². The summed E-state index contributed by atoms with van der Waals surface area (Å²) in [6, 6.07) is 15.6. The lowest BCUT2D eigenvalue weighted by molar-refractivity contribution is -0.133. The summed E-state index contributed by atoms with van der Waals surface area (Å²) < 4.78 is 23.0. The summed E-state index contributed by atoms with van der Waals surface area (Å²) in [4.78, 5) is 9.99. The summed E-state index contributed by atoms with van der Waals surface area (Å²) >= 11 is 0. The molecule has 2 aromatic carbocycles. The van der Waals surface area contributed by atoms with Crippen LogP contribution in [0, 0.1) is 0 Å². The molecule has 162 valence electrons. The van der Waals surface area contributed by atoms with Crippen LogP contribution in [-0.4, -0.2) is 45.5 Å². The zero-order valence-electron chi connectivity index (χ0n) is 18.6. The predicted octanol–water partition coefficient (Wildman–Crippen LogP) is 3.95. The minimum Gasteiger partial charge on any atom is -0.497 e. The lowest BCUT2D eigenvalue weighted by Gasteiger charge is -2.29. The van der Waals surface area contributed by atoms with Crippen LogP contribution in [0.2, 0.25) is 19.6 Å². The minimum atomic E-state index is -1.76. The number of rotatable bonds is 6. The Morgan fingerprint density at radius 3 is 1.90 bits per heavy atom. The van der Waals surface area contributed by atoms with Crippen LogP contribution in [0.3, 0.4) is 0 Å². The van der Waals surface area contributed by atoms with Gasteiger partial charge in [-0.05, 0) is 48.5 Å². The Morgan fingerprint density at radius 1 is 0.839 bits per heavy atom. The first-order valence-electron chi connectivity index (χ1n) is 10.3. The third kappa shape index (κ3) is 4.08. The van der Waals surface area contributed by atoms with Crippen molar-refractivity contribution in [2.24, 2.45) is 0 Å². The molecular weight excluding hydrogens is 408 g/mol. The molecule has 1 saturated heterocycles. The standard InChI is InChI=1S/C24H28N2O4Si/c1-27-19-10-6-17(7-11-19)22-23(31(3,4)5)25-16-21(26-22)24(29-14-15-30-24)18-8-12-20(28-2)13-9-18/h6-13,16H,14-15H2,1-5H3. The molecule has 1 aliphatic rings. The zero-order chi connectivity index (χ0) is 22.1. The summed E-state index contributed by atoms with van der Waals surface area (Å²) in [5, 5.41) is 1.05. The number of methoxy groups -OCH3 is 2. The Bertz CT molecular complexity index is 1040. The van der Waals surface area contributed by atoms with Crippen molar-refractivity contribution < 1.29 is 18.9 Å². The molecule has 7 heteroatoms. The highest BCUT2D eigenvalue weighted by atomic mass is 28.3. The van der Waals surface area contributed by atoms with Gasteiger partial charge in [0.05, 0.1) is 39.3 Å². The van der Waals surface area contributed by atoms with Crippen molar-refractivity contribution >= 4 is 13.4 Å². The van der Waals surface area contributed by atoms with Gasteiger partial charge in [-0.15, -0.1) is 0 Å². The van der Waals surface area contributed by atoms with Crippen LogP contribution in [0.4, 0.5) is 0 Å². The van der Waals surface area contributed by atoms with Crippen LogP contribution in [0.25, 0.3) is 11.3 Å². The molecule has 31 heavy (non-hydrogen) atoms. The summed E-state index contributed by atoms with van der Waals surface area (Å²) in [6.07, 6.45) is 1.80. The maximum atomic E-state index is 6.16. The molecule has 0 aliphatic carbocycles. The molecule has 0 unspecified atom stereocenters. The van der Waals surface area contributed by atoms with Crippen LogP contribution >= 0.6 is 0 Å². The van der Waals surface area contributed by atoms with Crippen LogP contribution < -0.4 is 14.8 Å². The molecule has 3 aromatic rings. The fourth-order valence-electron chi connectivity index (χ4n) is 3.73. The van der Waals surface area contributed by atoms with Crippen molar-refractivity contribution in [2.45, 2.75) is 25.4 Å². The van der Waals surface area contributed by atoms with Gasteiger partial charge in [0.2, 0.25) is 5.79 Å². The van der Waals surface area contributed by atoms with Crippen molar-refractivity contribution in [2.75, 3.05) is 27.4 Å². The number of hydrogen-bond donors (Lipinski definition) is 0. The summed E-state index contributed by atoms with van der Waals surface area (Å²) in [7, 11) is 1.55. The topological polar surface area (TPSA) is 62.7 Å². The smallest absolute Gasteiger partial charge is 0.241 e. The largest absolute Gasteiger partial charge is 0.497 e. The van der Waals surface area contributed by atoms with E-state index in [1.165, 1.54) is 0 Å². The van der Waals surface area contributed by atoms with Crippen molar-refractivity contribution in [3.05, 3.63) is 66.0 Å². The van der Waals surface area contributed by atoms with Gasteiger partial charge in [0.25, 0.3) is 0 Å². The van der Waals surface area contributed by atoms with Crippen LogP contribution in [0.15, 0.2) is 54.7 Å². The average molecular weight is 437 g/mol. The van der Waals surface area contributed by atoms with Crippen molar-refractivity contribution in [3.63, 3.8) is 0 Å². The molecule has 0 amide bonds. The van der Waals surface area contributed by atoms with E-state index >= 15 is 0 Å². The molecule has 0 saturated carbocycles. The van der Waals surface area contributed by atoms with Gasteiger partial charge in [0.1, 0.15) is 25.3 Å². The van der Waals surface area contributed by atoms with Gasteiger partial charge in [-0.3, -0.25) is 4.98 Å². The normalized spacial score (nSPS) is 15.6. The molecular formula is C24H28N2O4Si. The van der Waals surface area contributed by atoms with E-state index in [0.717, 1.165) is 33.6 Å². The first-order chi connectivity index (χ1) is 14.9. The van der Waals surface area contributed by atoms with E-state index in [1.54, 1.807) is 20.4 Å². The monoisotopic (exact) mass is 436 g/mol. The third-order valence-corrected chi connectivity index (χ3v) is 7.13. The number of ether oxygens (including phenoxy) is 4. The van der Waals surface area contributed by atoms with Gasteiger partial charge in [-0.25, -0.2) is 4.98 Å². The number of hydrogen-bond acceptors (Lipinski definition) is 6. The first-order valence-corrected chi connectivity index (χ1v) is 13.8. The highest BCUT2D eigenvalue weighted by Gasteiger charge is 2.43. The fourth-order valence-corrected chi connectivity index (χ4v) is 5.09. The average Bonchev–Trinajstić information content (AvgIpc) is 3.29. The minimum absolute atomic E-state index is 0.487. The van der Waals surface area contributed by atoms with Crippen molar-refractivity contribution in [1.29, 1.82) is 0 Å². The van der Waals surface area contributed by atoms with Gasteiger partial charge in [0, 0.05) is 16.4 Å². The number of aromatic nitrogens is 2. The van der Waals surface area contributed by atoms with E-state index in [4.69, 9.17) is 28.9 Å². The molecule has 4 rings (SSSR count). The molecule has 0 N–H and O–H groups in total. The summed E-state index contributed by atoms with van der Waals surface area (Å²) in [5.41, 5.74) is 3.37. The molecule has 6 nitrogen and oxygen atoms in total. The maximum absolute atomic E-state index is 6.16. The molecule has 2 heterocycles. The fraction of sp³-hybridized carbons (Fsp3) is 0.333. The predicted molar refractivity (Wildman–Crippen MR) is 123 cm³/mol. The van der Waals surface area contributed by atoms with E-state index in [2.05, 4.69) is 19.6 Å². The zero-order valence-corrected chi connectivity index (χ0v) is 19.6. The van der Waals surface area contributed by atoms with Gasteiger partial charge in [0.15, 0.2) is 0 Å². The lowest BCUT2D eigenvalue weighted by Crippen LogP contribution is -2.43. The van der Waals surface area contributed by atoms with Crippen LogP contribution in [0.5, 0.6) is 11.5 Å². The third-order valence-electron chi connectivity index (χ3n) is 5.35. The van der Waals surface area contributed by atoms with E-state index < -0.39 is 13.9 Å². The summed E-state index contributed by atoms with van der Waals surface area (Å²) in [6.45, 7) is 7.78. The number of benzene rings is 2. The Labute approximate surface area is 184 Å². The summed E-state index contributed by atoms with van der Waals surface area (Å²) in [5.74, 6) is 0.494.